The molecule has 14 nitrogen and oxygen atoms in total. The van der Waals surface area contributed by atoms with Crippen LogP contribution in [0.1, 0.15) is 55.2 Å². The molecule has 0 spiro atoms. The first-order valence-corrected chi connectivity index (χ1v) is 20.9. The van der Waals surface area contributed by atoms with Crippen LogP contribution in [0, 0.1) is 11.7 Å². The molecule has 1 atom stereocenters. The SMILES string of the molecule is Cn1ncc(Cl)c1-c1cc(C(=O)N[C@@H](Cc2cccc(F)c2)CN2CCN(CC3CCN(c4ccc5c(c4)C(=O)N(N4CCC(=O)NC4=O)C5=O)CC3)CC2)sc1Cl. The molecule has 0 saturated carbocycles. The van der Waals surface area contributed by atoms with E-state index in [0.717, 1.165) is 79.9 Å². The third kappa shape index (κ3) is 8.34. The number of carbonyl (C=O) groups is 5. The van der Waals surface area contributed by atoms with Gasteiger partial charge in [-0.3, -0.25) is 34.1 Å². The molecule has 4 aliphatic heterocycles. The number of carbonyl (C=O) groups excluding carboxylic acids is 5. The summed E-state index contributed by atoms with van der Waals surface area (Å²) >= 11 is 14.1. The molecule has 2 aromatic heterocycles. The summed E-state index contributed by atoms with van der Waals surface area (Å²) in [7, 11) is 1.76. The second kappa shape index (κ2) is 16.8. The lowest BCUT2D eigenvalue weighted by molar-refractivity contribution is -0.122. The number of hydrogen-bond acceptors (Lipinski definition) is 10. The van der Waals surface area contributed by atoms with Gasteiger partial charge in [0.1, 0.15) is 10.2 Å². The summed E-state index contributed by atoms with van der Waals surface area (Å²) in [5.74, 6) is -1.67. The minimum atomic E-state index is -0.785. The molecule has 0 radical (unpaired) electrons. The Hall–Kier alpha value is -4.87. The summed E-state index contributed by atoms with van der Waals surface area (Å²) < 4.78 is 16.2. The maximum atomic E-state index is 14.2. The molecule has 0 bridgehead atoms. The molecule has 304 valence electrons. The number of urea groups is 1. The second-order valence-corrected chi connectivity index (χ2v) is 17.2. The predicted molar refractivity (Wildman–Crippen MR) is 218 cm³/mol. The number of piperidine rings is 1. The Morgan fingerprint density at radius 3 is 2.38 bits per heavy atom. The van der Waals surface area contributed by atoms with Gasteiger partial charge in [0.05, 0.1) is 39.5 Å². The highest BCUT2D eigenvalue weighted by atomic mass is 35.5. The Bertz CT molecular complexity index is 2250. The van der Waals surface area contributed by atoms with Gasteiger partial charge in [-0.05, 0) is 67.1 Å². The molecular formula is C40H42Cl2FN9O5S. The molecule has 2 N–H and O–H groups in total. The monoisotopic (exact) mass is 849 g/mol. The molecule has 6 amide bonds. The molecule has 6 heterocycles. The number of thiophene rings is 1. The van der Waals surface area contributed by atoms with Gasteiger partial charge in [-0.2, -0.15) is 10.1 Å². The highest BCUT2D eigenvalue weighted by Gasteiger charge is 2.43. The van der Waals surface area contributed by atoms with Gasteiger partial charge in [0.25, 0.3) is 17.7 Å². The molecule has 0 unspecified atom stereocenters. The first-order valence-electron chi connectivity index (χ1n) is 19.3. The van der Waals surface area contributed by atoms with Crippen molar-refractivity contribution in [1.82, 2.24) is 40.2 Å². The molecule has 3 fully saturated rings. The Kier molecular flexibility index (Phi) is 11.6. The second-order valence-electron chi connectivity index (χ2n) is 15.2. The average Bonchev–Trinajstić information content (AvgIpc) is 3.83. The summed E-state index contributed by atoms with van der Waals surface area (Å²) in [4.78, 5) is 71.6. The number of piperazine rings is 1. The Morgan fingerprint density at radius 1 is 0.931 bits per heavy atom. The van der Waals surface area contributed by atoms with Crippen molar-refractivity contribution in [2.75, 3.05) is 63.8 Å². The fraction of sp³-hybridized carbons (Fsp3) is 0.400. The van der Waals surface area contributed by atoms with Crippen molar-refractivity contribution < 1.29 is 28.4 Å². The van der Waals surface area contributed by atoms with Crippen LogP contribution in [-0.2, 0) is 18.3 Å². The van der Waals surface area contributed by atoms with Gasteiger partial charge in [0, 0.05) is 83.1 Å². The van der Waals surface area contributed by atoms with Crippen molar-refractivity contribution in [1.29, 1.82) is 0 Å². The quantitative estimate of drug-likeness (QED) is 0.201. The number of anilines is 1. The van der Waals surface area contributed by atoms with E-state index in [1.807, 2.05) is 12.1 Å². The van der Waals surface area contributed by atoms with Crippen molar-refractivity contribution in [3.05, 3.63) is 91.5 Å². The normalized spacial score (nSPS) is 18.9. The van der Waals surface area contributed by atoms with Crippen molar-refractivity contribution in [2.24, 2.45) is 13.0 Å². The summed E-state index contributed by atoms with van der Waals surface area (Å²) in [6.07, 6.45) is 3.96. The van der Waals surface area contributed by atoms with E-state index in [1.165, 1.54) is 29.7 Å². The number of halogens is 3. The predicted octanol–water partition coefficient (Wildman–Crippen LogP) is 4.92. The average molecular weight is 851 g/mol. The number of rotatable bonds is 11. The molecule has 2 aromatic carbocycles. The molecule has 3 saturated heterocycles. The number of nitrogens with one attached hydrogen (secondary N) is 2. The fourth-order valence-corrected chi connectivity index (χ4v) is 9.75. The number of fused-ring (bicyclic) bond motifs is 1. The largest absolute Gasteiger partial charge is 0.371 e. The number of imide groups is 2. The van der Waals surface area contributed by atoms with Gasteiger partial charge in [-0.25, -0.2) is 14.2 Å². The van der Waals surface area contributed by atoms with Crippen molar-refractivity contribution in [2.45, 2.75) is 31.7 Å². The highest BCUT2D eigenvalue weighted by molar-refractivity contribution is 7.18. The molecule has 4 aliphatic rings. The third-order valence-electron chi connectivity index (χ3n) is 11.3. The zero-order valence-corrected chi connectivity index (χ0v) is 34.1. The van der Waals surface area contributed by atoms with Gasteiger partial charge in [-0.15, -0.1) is 11.3 Å². The lowest BCUT2D eigenvalue weighted by Crippen LogP contribution is -2.58. The molecule has 18 heteroatoms. The molecule has 0 aliphatic carbocycles. The van der Waals surface area contributed by atoms with Gasteiger partial charge in [-0.1, -0.05) is 35.3 Å². The minimum absolute atomic E-state index is 0.00604. The molecule has 4 aromatic rings. The molecular weight excluding hydrogens is 808 g/mol. The topological polar surface area (TPSA) is 143 Å². The number of hydrogen-bond donors (Lipinski definition) is 2. The van der Waals surface area contributed by atoms with Crippen LogP contribution >= 0.6 is 34.5 Å². The van der Waals surface area contributed by atoms with E-state index in [-0.39, 0.29) is 41.9 Å². The van der Waals surface area contributed by atoms with Gasteiger partial charge in [0.15, 0.2) is 0 Å². The van der Waals surface area contributed by atoms with E-state index in [1.54, 1.807) is 36.0 Å². The molecule has 8 rings (SSSR count). The Morgan fingerprint density at radius 2 is 1.67 bits per heavy atom. The van der Waals surface area contributed by atoms with E-state index >= 15 is 0 Å². The van der Waals surface area contributed by atoms with E-state index in [4.69, 9.17) is 23.2 Å². The Balaban J connectivity index is 0.840. The van der Waals surface area contributed by atoms with Crippen LogP contribution in [0.2, 0.25) is 9.36 Å². The fourth-order valence-electron chi connectivity index (χ4n) is 8.31. The number of hydrazine groups is 1. The number of aromatic nitrogens is 2. The zero-order chi connectivity index (χ0) is 40.7. The van der Waals surface area contributed by atoms with Crippen molar-refractivity contribution in [3.8, 4) is 11.3 Å². The Labute approximate surface area is 348 Å². The van der Waals surface area contributed by atoms with Gasteiger partial charge < -0.3 is 15.1 Å². The van der Waals surface area contributed by atoms with Gasteiger partial charge in [0.2, 0.25) is 5.91 Å². The van der Waals surface area contributed by atoms with Crippen LogP contribution in [-0.4, -0.2) is 124 Å². The van der Waals surface area contributed by atoms with Gasteiger partial charge >= 0.3 is 6.03 Å². The van der Waals surface area contributed by atoms with E-state index < -0.39 is 23.8 Å². The maximum Gasteiger partial charge on any atom is 0.343 e. The van der Waals surface area contributed by atoms with Crippen LogP contribution < -0.4 is 15.5 Å². The first kappa shape index (κ1) is 39.9. The smallest absolute Gasteiger partial charge is 0.343 e. The maximum absolute atomic E-state index is 14.2. The summed E-state index contributed by atoms with van der Waals surface area (Å²) in [6.45, 7) is 6.57. The van der Waals surface area contributed by atoms with E-state index in [0.29, 0.717) is 44.4 Å². The van der Waals surface area contributed by atoms with Crippen LogP contribution in [0.15, 0.2) is 54.7 Å². The zero-order valence-electron chi connectivity index (χ0n) is 31.8. The highest BCUT2D eigenvalue weighted by Crippen LogP contribution is 2.39. The lowest BCUT2D eigenvalue weighted by Gasteiger charge is -2.40. The number of amides is 6. The van der Waals surface area contributed by atoms with Crippen molar-refractivity contribution >= 4 is 69.9 Å². The summed E-state index contributed by atoms with van der Waals surface area (Å²) in [6, 6.07) is 12.4. The summed E-state index contributed by atoms with van der Waals surface area (Å²) in [5, 5.41) is 11.8. The lowest BCUT2D eigenvalue weighted by atomic mass is 9.95. The molecule has 58 heavy (non-hydrogen) atoms. The van der Waals surface area contributed by atoms with Crippen molar-refractivity contribution in [3.63, 3.8) is 0 Å². The third-order valence-corrected chi connectivity index (χ3v) is 13.0. The summed E-state index contributed by atoms with van der Waals surface area (Å²) in [5.41, 5.74) is 3.42. The van der Waals surface area contributed by atoms with Crippen LogP contribution in [0.5, 0.6) is 0 Å². The van der Waals surface area contributed by atoms with Crippen LogP contribution in [0.4, 0.5) is 14.9 Å². The number of nitrogens with zero attached hydrogens (tertiary/aromatic N) is 7. The number of benzene rings is 2. The van der Waals surface area contributed by atoms with Crippen LogP contribution in [0.25, 0.3) is 11.3 Å². The van der Waals surface area contributed by atoms with Crippen LogP contribution in [0.3, 0.4) is 0 Å². The number of aryl methyl sites for hydroxylation is 1. The van der Waals surface area contributed by atoms with E-state index in [9.17, 15) is 28.4 Å². The minimum Gasteiger partial charge on any atom is -0.371 e. The standard InChI is InChI=1S/C40H42Cl2FN9O5S/c1-47-35(32(41)21-44-47)31-20-33(58-36(31)42)37(54)45-27(18-25-3-2-4-26(43)17-25)23-49-15-13-48(14-16-49)22-24-7-10-50(11-8-24)28-5-6-29-30(19-28)39(56)52(38(29)55)51-12-9-34(53)46-40(51)57/h2-6,17,19-21,24,27H,7-16,18,22-23H2,1H3,(H,45,54)(H,46,53,57)/t27-/m0/s1. The first-order chi connectivity index (χ1) is 27.9. The van der Waals surface area contributed by atoms with E-state index in [2.05, 4.69) is 30.4 Å².